The second-order valence-corrected chi connectivity index (χ2v) is 7.54. The van der Waals surface area contributed by atoms with Crippen LogP contribution < -0.4 is 5.32 Å². The second-order valence-electron chi connectivity index (χ2n) is 7.54. The summed E-state index contributed by atoms with van der Waals surface area (Å²) in [5.41, 5.74) is 0. The molecule has 142 valence electrons. The van der Waals surface area contributed by atoms with Crippen molar-refractivity contribution in [3.8, 4) is 0 Å². The Morgan fingerprint density at radius 1 is 1.12 bits per heavy atom. The third-order valence-corrected chi connectivity index (χ3v) is 5.03. The molecular formula is C18H30N2O5. The van der Waals surface area contributed by atoms with Gasteiger partial charge in [-0.3, -0.25) is 4.79 Å². The largest absolute Gasteiger partial charge is 0.480 e. The van der Waals surface area contributed by atoms with E-state index in [1.165, 1.54) is 4.90 Å². The van der Waals surface area contributed by atoms with Crippen LogP contribution in [0.4, 0.5) is 4.79 Å². The van der Waals surface area contributed by atoms with Crippen LogP contribution in [0.3, 0.4) is 0 Å². The lowest BCUT2D eigenvalue weighted by atomic mass is 9.83. The zero-order valence-electron chi connectivity index (χ0n) is 15.2. The zero-order valence-corrected chi connectivity index (χ0v) is 15.2. The third-order valence-electron chi connectivity index (χ3n) is 5.03. The van der Waals surface area contributed by atoms with Crippen LogP contribution in [-0.2, 0) is 14.3 Å². The van der Waals surface area contributed by atoms with E-state index in [4.69, 9.17) is 4.74 Å². The van der Waals surface area contributed by atoms with Gasteiger partial charge >= 0.3 is 12.1 Å². The molecule has 7 heteroatoms. The number of nitrogens with one attached hydrogen (secondary N) is 1. The van der Waals surface area contributed by atoms with E-state index in [2.05, 4.69) is 5.32 Å². The number of carboxylic acid groups (broad SMARTS) is 1. The zero-order chi connectivity index (χ0) is 18.4. The van der Waals surface area contributed by atoms with Crippen molar-refractivity contribution in [1.29, 1.82) is 0 Å². The molecule has 2 aliphatic rings. The van der Waals surface area contributed by atoms with Gasteiger partial charge in [0.1, 0.15) is 12.1 Å². The van der Waals surface area contributed by atoms with Crippen LogP contribution in [0.5, 0.6) is 0 Å². The molecule has 2 N–H and O–H groups in total. The summed E-state index contributed by atoms with van der Waals surface area (Å²) < 4.78 is 5.17. The van der Waals surface area contributed by atoms with Crippen LogP contribution in [0, 0.1) is 11.8 Å². The topological polar surface area (TPSA) is 95.9 Å². The van der Waals surface area contributed by atoms with Gasteiger partial charge in [-0.25, -0.2) is 9.59 Å². The normalized spacial score (nSPS) is 22.7. The summed E-state index contributed by atoms with van der Waals surface area (Å²) in [6.45, 7) is 4.61. The number of nitrogens with zero attached hydrogens (tertiary/aromatic N) is 1. The molecule has 2 atom stereocenters. The fraction of sp³-hybridized carbons (Fsp3) is 0.833. The van der Waals surface area contributed by atoms with Crippen molar-refractivity contribution in [1.82, 2.24) is 10.2 Å². The summed E-state index contributed by atoms with van der Waals surface area (Å²) >= 11 is 0. The molecule has 0 bridgehead atoms. The van der Waals surface area contributed by atoms with Crippen molar-refractivity contribution >= 4 is 18.0 Å². The smallest absolute Gasteiger partial charge is 0.407 e. The lowest BCUT2D eigenvalue weighted by Gasteiger charge is -2.33. The van der Waals surface area contributed by atoms with E-state index in [1.54, 1.807) is 0 Å². The van der Waals surface area contributed by atoms with Gasteiger partial charge in [-0.1, -0.05) is 33.1 Å². The van der Waals surface area contributed by atoms with Crippen molar-refractivity contribution in [3.05, 3.63) is 0 Å². The van der Waals surface area contributed by atoms with Gasteiger partial charge < -0.3 is 20.1 Å². The highest BCUT2D eigenvalue weighted by Crippen LogP contribution is 2.29. The van der Waals surface area contributed by atoms with Crippen molar-refractivity contribution in [2.45, 2.75) is 70.9 Å². The molecule has 1 saturated heterocycles. The van der Waals surface area contributed by atoms with Crippen LogP contribution in [0.1, 0.15) is 58.8 Å². The minimum atomic E-state index is -0.976. The summed E-state index contributed by atoms with van der Waals surface area (Å²) in [6, 6.07) is -1.48. The third kappa shape index (κ3) is 5.34. The molecule has 1 saturated carbocycles. The Morgan fingerprint density at radius 2 is 1.80 bits per heavy atom. The molecule has 2 rings (SSSR count). The molecule has 0 aromatic rings. The molecule has 7 nitrogen and oxygen atoms in total. The molecular weight excluding hydrogens is 324 g/mol. The predicted octanol–water partition coefficient (Wildman–Crippen LogP) is 2.39. The van der Waals surface area contributed by atoms with Gasteiger partial charge in [0, 0.05) is 6.54 Å². The maximum Gasteiger partial charge on any atom is 0.407 e. The van der Waals surface area contributed by atoms with Gasteiger partial charge in [0.2, 0.25) is 5.91 Å². The Kier molecular flexibility index (Phi) is 7.08. The van der Waals surface area contributed by atoms with Crippen molar-refractivity contribution in [2.75, 3.05) is 13.2 Å². The molecule has 1 aliphatic carbocycles. The van der Waals surface area contributed by atoms with Crippen molar-refractivity contribution < 1.29 is 24.2 Å². The predicted molar refractivity (Wildman–Crippen MR) is 92.1 cm³/mol. The highest BCUT2D eigenvalue weighted by atomic mass is 16.5. The van der Waals surface area contributed by atoms with E-state index in [0.29, 0.717) is 26.0 Å². The average Bonchev–Trinajstić information content (AvgIpc) is 3.08. The molecule has 0 radical (unpaired) electrons. The number of aliphatic carboxylic acids is 1. The van der Waals surface area contributed by atoms with Gasteiger partial charge in [0.25, 0.3) is 0 Å². The molecule has 0 unspecified atom stereocenters. The number of hydrogen-bond acceptors (Lipinski definition) is 4. The number of carbonyl (C=O) groups excluding carboxylic acids is 2. The Balaban J connectivity index is 2.08. The van der Waals surface area contributed by atoms with Crippen molar-refractivity contribution in [2.24, 2.45) is 11.8 Å². The fourth-order valence-corrected chi connectivity index (χ4v) is 3.73. The van der Waals surface area contributed by atoms with E-state index in [9.17, 15) is 19.5 Å². The summed E-state index contributed by atoms with van der Waals surface area (Å²) in [5, 5.41) is 12.1. The first-order valence-electron chi connectivity index (χ1n) is 9.36. The summed E-state index contributed by atoms with van der Waals surface area (Å²) in [4.78, 5) is 38.0. The number of rotatable bonds is 6. The number of carbonyl (C=O) groups is 3. The number of hydrogen-bond donors (Lipinski definition) is 2. The van der Waals surface area contributed by atoms with Gasteiger partial charge in [0.15, 0.2) is 0 Å². The fourth-order valence-electron chi connectivity index (χ4n) is 3.73. The molecule has 0 aromatic carbocycles. The summed E-state index contributed by atoms with van der Waals surface area (Å²) in [7, 11) is 0. The van der Waals surface area contributed by atoms with Gasteiger partial charge in [-0.05, 0) is 37.5 Å². The van der Waals surface area contributed by atoms with E-state index in [0.717, 1.165) is 32.1 Å². The second kappa shape index (κ2) is 9.06. The number of amides is 2. The maximum atomic E-state index is 13.0. The Labute approximate surface area is 149 Å². The van der Waals surface area contributed by atoms with Gasteiger partial charge in [-0.2, -0.15) is 0 Å². The first kappa shape index (κ1) is 19.5. The number of likely N-dealkylation sites (tertiary alicyclic amines) is 1. The molecule has 0 aromatic heterocycles. The molecule has 1 heterocycles. The quantitative estimate of drug-likeness (QED) is 0.763. The Hall–Kier alpha value is -1.79. The van der Waals surface area contributed by atoms with Crippen LogP contribution >= 0.6 is 0 Å². The van der Waals surface area contributed by atoms with Crippen LogP contribution in [-0.4, -0.2) is 53.2 Å². The van der Waals surface area contributed by atoms with Crippen LogP contribution in [0.25, 0.3) is 0 Å². The highest BCUT2D eigenvalue weighted by Gasteiger charge is 2.40. The lowest BCUT2D eigenvalue weighted by Crippen LogP contribution is -2.55. The van der Waals surface area contributed by atoms with Gasteiger partial charge in [-0.15, -0.1) is 0 Å². The summed E-state index contributed by atoms with van der Waals surface area (Å²) in [5.74, 6) is -0.999. The molecule has 2 amide bonds. The summed E-state index contributed by atoms with van der Waals surface area (Å²) in [6.07, 6.45) is 5.48. The highest BCUT2D eigenvalue weighted by molar-refractivity contribution is 5.90. The Bertz CT molecular complexity index is 488. The molecule has 2 fully saturated rings. The molecule has 0 spiro atoms. The molecule has 1 aliphatic heterocycles. The van der Waals surface area contributed by atoms with E-state index in [-0.39, 0.29) is 17.7 Å². The van der Waals surface area contributed by atoms with E-state index in [1.807, 2.05) is 13.8 Å². The first-order valence-corrected chi connectivity index (χ1v) is 9.36. The lowest BCUT2D eigenvalue weighted by molar-refractivity contribution is -0.149. The number of ether oxygens (including phenoxy) is 1. The van der Waals surface area contributed by atoms with Gasteiger partial charge in [0.05, 0.1) is 6.61 Å². The van der Waals surface area contributed by atoms with E-state index >= 15 is 0 Å². The average molecular weight is 354 g/mol. The van der Waals surface area contributed by atoms with E-state index < -0.39 is 24.1 Å². The Morgan fingerprint density at radius 3 is 2.40 bits per heavy atom. The SMILES string of the molecule is CC(C)COC(=O)N[C@H](C(=O)N1CCC[C@H]1C(=O)O)C1CCCCC1. The monoisotopic (exact) mass is 354 g/mol. The number of alkyl carbamates (subject to hydrolysis) is 1. The van der Waals surface area contributed by atoms with Crippen LogP contribution in [0.2, 0.25) is 0 Å². The minimum absolute atomic E-state index is 0.0443. The maximum absolute atomic E-state index is 13.0. The van der Waals surface area contributed by atoms with Crippen molar-refractivity contribution in [3.63, 3.8) is 0 Å². The molecule has 25 heavy (non-hydrogen) atoms. The minimum Gasteiger partial charge on any atom is -0.480 e. The first-order chi connectivity index (χ1) is 11.9. The number of carboxylic acids is 1. The van der Waals surface area contributed by atoms with Crippen LogP contribution in [0.15, 0.2) is 0 Å². The standard InChI is InChI=1S/C18H30N2O5/c1-12(2)11-25-18(24)19-15(13-7-4-3-5-8-13)16(21)20-10-6-9-14(20)17(22)23/h12-15H,3-11H2,1-2H3,(H,19,24)(H,22,23)/t14-,15-/m0/s1.